The molecular weight excluding hydrogens is 795 g/mol. The highest BCUT2D eigenvalue weighted by Crippen LogP contribution is 2.45. The van der Waals surface area contributed by atoms with Gasteiger partial charge in [0.2, 0.25) is 0 Å². The summed E-state index contributed by atoms with van der Waals surface area (Å²) in [5.74, 6) is 0. The first-order valence-corrected chi connectivity index (χ1v) is 22.7. The summed E-state index contributed by atoms with van der Waals surface area (Å²) in [4.78, 5) is 0. The fourth-order valence-corrected chi connectivity index (χ4v) is 11.9. The Balaban J connectivity index is 0.980. The molecular formula is C60H37N3S. The summed E-state index contributed by atoms with van der Waals surface area (Å²) in [5, 5.41) is 10.1. The average Bonchev–Trinajstić information content (AvgIpc) is 4.10. The maximum atomic E-state index is 2.51. The summed E-state index contributed by atoms with van der Waals surface area (Å²) in [7, 11) is 0. The van der Waals surface area contributed by atoms with Crippen molar-refractivity contribution in [3.05, 3.63) is 224 Å². The summed E-state index contributed by atoms with van der Waals surface area (Å²) >= 11 is 1.89. The molecule has 0 fully saturated rings. The van der Waals surface area contributed by atoms with Crippen molar-refractivity contribution < 1.29 is 0 Å². The molecule has 0 aliphatic carbocycles. The number of aromatic nitrogens is 3. The Morgan fingerprint density at radius 3 is 1.48 bits per heavy atom. The van der Waals surface area contributed by atoms with Gasteiger partial charge in [-0.15, -0.1) is 11.3 Å². The summed E-state index contributed by atoms with van der Waals surface area (Å²) < 4.78 is 9.97. The quantitative estimate of drug-likeness (QED) is 0.164. The van der Waals surface area contributed by atoms with Crippen LogP contribution in [0.25, 0.3) is 125 Å². The van der Waals surface area contributed by atoms with Gasteiger partial charge in [0.05, 0.1) is 38.8 Å². The largest absolute Gasteiger partial charge is 0.309 e. The third-order valence-electron chi connectivity index (χ3n) is 13.4. The van der Waals surface area contributed by atoms with E-state index in [-0.39, 0.29) is 0 Å². The van der Waals surface area contributed by atoms with Crippen molar-refractivity contribution in [2.24, 2.45) is 0 Å². The van der Waals surface area contributed by atoms with Crippen molar-refractivity contribution in [1.82, 2.24) is 13.7 Å². The summed E-state index contributed by atoms with van der Waals surface area (Å²) in [6.07, 6.45) is 0. The fraction of sp³-hybridized carbons (Fsp3) is 0. The van der Waals surface area contributed by atoms with E-state index >= 15 is 0 Å². The molecule has 0 aliphatic heterocycles. The first-order valence-electron chi connectivity index (χ1n) is 21.9. The van der Waals surface area contributed by atoms with Gasteiger partial charge in [-0.2, -0.15) is 0 Å². The van der Waals surface area contributed by atoms with E-state index in [1.54, 1.807) is 0 Å². The van der Waals surface area contributed by atoms with E-state index in [0.717, 1.165) is 11.4 Å². The molecule has 0 amide bonds. The van der Waals surface area contributed by atoms with E-state index in [1.807, 2.05) is 11.3 Å². The molecule has 10 aromatic carbocycles. The molecule has 14 rings (SSSR count). The molecule has 3 nitrogen and oxygen atoms in total. The van der Waals surface area contributed by atoms with E-state index in [4.69, 9.17) is 0 Å². The van der Waals surface area contributed by atoms with Crippen molar-refractivity contribution in [2.75, 3.05) is 0 Å². The van der Waals surface area contributed by atoms with Crippen LogP contribution in [-0.4, -0.2) is 13.7 Å². The zero-order valence-corrected chi connectivity index (χ0v) is 35.4. The summed E-state index contributed by atoms with van der Waals surface area (Å²) in [6, 6.07) is 82.6. The van der Waals surface area contributed by atoms with Gasteiger partial charge in [-0.25, -0.2) is 0 Å². The van der Waals surface area contributed by atoms with E-state index in [9.17, 15) is 0 Å². The van der Waals surface area contributed by atoms with Gasteiger partial charge in [0.15, 0.2) is 0 Å². The van der Waals surface area contributed by atoms with Gasteiger partial charge in [0, 0.05) is 63.9 Å². The van der Waals surface area contributed by atoms with Crippen LogP contribution in [0.2, 0.25) is 0 Å². The Morgan fingerprint density at radius 1 is 0.281 bits per heavy atom. The first kappa shape index (κ1) is 35.4. The van der Waals surface area contributed by atoms with Crippen molar-refractivity contribution >= 4 is 96.9 Å². The second-order valence-corrected chi connectivity index (χ2v) is 17.9. The highest BCUT2D eigenvalue weighted by atomic mass is 32.1. The maximum absolute atomic E-state index is 2.51. The van der Waals surface area contributed by atoms with Gasteiger partial charge in [0.25, 0.3) is 0 Å². The lowest BCUT2D eigenvalue weighted by atomic mass is 9.98. The molecule has 0 spiro atoms. The van der Waals surface area contributed by atoms with Gasteiger partial charge in [-0.1, -0.05) is 152 Å². The molecule has 14 aromatic rings. The molecule has 4 heterocycles. The number of rotatable bonds is 5. The van der Waals surface area contributed by atoms with Gasteiger partial charge >= 0.3 is 0 Å². The molecule has 0 radical (unpaired) electrons. The fourth-order valence-electron chi connectivity index (χ4n) is 10.7. The predicted molar refractivity (Wildman–Crippen MR) is 273 cm³/mol. The third-order valence-corrected chi connectivity index (χ3v) is 14.6. The van der Waals surface area contributed by atoms with Crippen LogP contribution in [0.4, 0.5) is 0 Å². The number of hydrogen-bond acceptors (Lipinski definition) is 1. The lowest BCUT2D eigenvalue weighted by Gasteiger charge is -2.13. The third kappa shape index (κ3) is 5.09. The molecule has 0 unspecified atom stereocenters. The Kier molecular flexibility index (Phi) is 7.56. The Labute approximate surface area is 372 Å². The summed E-state index contributed by atoms with van der Waals surface area (Å²) in [6.45, 7) is 0. The van der Waals surface area contributed by atoms with Crippen LogP contribution >= 0.6 is 11.3 Å². The molecule has 0 saturated carbocycles. The highest BCUT2D eigenvalue weighted by molar-refractivity contribution is 7.26. The Bertz CT molecular complexity index is 4140. The van der Waals surface area contributed by atoms with E-state index in [1.165, 1.54) is 114 Å². The lowest BCUT2D eigenvalue weighted by molar-refractivity contribution is 1.16. The topological polar surface area (TPSA) is 14.8 Å². The second kappa shape index (κ2) is 13.7. The monoisotopic (exact) mass is 831 g/mol. The summed E-state index contributed by atoms with van der Waals surface area (Å²) in [5.41, 5.74) is 15.6. The number of thiophene rings is 1. The molecule has 4 heteroatoms. The molecule has 298 valence electrons. The normalized spacial score (nSPS) is 12.1. The van der Waals surface area contributed by atoms with E-state index < -0.39 is 0 Å². The van der Waals surface area contributed by atoms with Gasteiger partial charge < -0.3 is 13.7 Å². The average molecular weight is 832 g/mol. The number of benzene rings is 10. The molecule has 0 N–H and O–H groups in total. The Morgan fingerprint density at radius 2 is 0.781 bits per heavy atom. The molecule has 0 atom stereocenters. The van der Waals surface area contributed by atoms with Crippen molar-refractivity contribution in [3.63, 3.8) is 0 Å². The van der Waals surface area contributed by atoms with Crippen molar-refractivity contribution in [3.8, 4) is 39.3 Å². The molecule has 0 bridgehead atoms. The number of hydrogen-bond donors (Lipinski definition) is 0. The predicted octanol–water partition coefficient (Wildman–Crippen LogP) is 16.7. The van der Waals surface area contributed by atoms with Gasteiger partial charge in [-0.3, -0.25) is 0 Å². The SMILES string of the molecule is c1ccc(-c2cccc(-c3cccc4c3sc3cccc(-n5c6ccccc6c6ccc(-n7c8ccccc8c8cc(-n9c%10ccccc%10c%10ccccc%109)ccc87)cc65)c34)c2)cc1. The zero-order chi connectivity index (χ0) is 41.9. The van der Waals surface area contributed by atoms with Gasteiger partial charge in [-0.05, 0) is 95.1 Å². The van der Waals surface area contributed by atoms with Crippen LogP contribution in [0, 0.1) is 0 Å². The van der Waals surface area contributed by atoms with Crippen LogP contribution in [0.1, 0.15) is 0 Å². The van der Waals surface area contributed by atoms with Crippen LogP contribution in [0.15, 0.2) is 224 Å². The van der Waals surface area contributed by atoms with Crippen molar-refractivity contribution in [2.45, 2.75) is 0 Å². The number of para-hydroxylation sites is 4. The minimum atomic E-state index is 1.13. The molecule has 4 aromatic heterocycles. The lowest BCUT2D eigenvalue weighted by Crippen LogP contribution is -1.98. The maximum Gasteiger partial charge on any atom is 0.0562 e. The molecule has 0 aliphatic rings. The van der Waals surface area contributed by atoms with Crippen LogP contribution in [0.3, 0.4) is 0 Å². The second-order valence-electron chi connectivity index (χ2n) is 16.9. The first-order chi connectivity index (χ1) is 31.8. The van der Waals surface area contributed by atoms with E-state index in [0.29, 0.717) is 0 Å². The highest BCUT2D eigenvalue weighted by Gasteiger charge is 2.21. The van der Waals surface area contributed by atoms with Crippen molar-refractivity contribution in [1.29, 1.82) is 0 Å². The van der Waals surface area contributed by atoms with Crippen LogP contribution in [0.5, 0.6) is 0 Å². The van der Waals surface area contributed by atoms with Crippen LogP contribution < -0.4 is 0 Å². The van der Waals surface area contributed by atoms with E-state index in [2.05, 4.69) is 238 Å². The smallest absolute Gasteiger partial charge is 0.0562 e. The standard InChI is InChI=1S/C60H37N3S/c1-2-15-38(16-3-1)39-17-12-18-40(35-39)43-23-13-24-49-59-56(29-14-30-58(59)64-60(43)49)63-54-28-11-6-21-46(54)48-33-31-42(37-57(48)63)62-53-27-10-7-22-47(53)50-36-41(32-34-55(50)62)61-51-25-8-4-19-44(51)45-20-5-9-26-52(45)61/h1-37H. The minimum Gasteiger partial charge on any atom is -0.309 e. The van der Waals surface area contributed by atoms with Gasteiger partial charge in [0.1, 0.15) is 0 Å². The minimum absolute atomic E-state index is 1.13. The Hall–Kier alpha value is -8.18. The number of nitrogens with zero attached hydrogens (tertiary/aromatic N) is 3. The van der Waals surface area contributed by atoms with Crippen LogP contribution in [-0.2, 0) is 0 Å². The molecule has 64 heavy (non-hydrogen) atoms. The molecule has 0 saturated heterocycles. The number of fused-ring (bicyclic) bond motifs is 12. The zero-order valence-electron chi connectivity index (χ0n) is 34.6.